The third-order valence-electron chi connectivity index (χ3n) is 5.55. The van der Waals surface area contributed by atoms with E-state index in [-0.39, 0.29) is 23.8 Å². The van der Waals surface area contributed by atoms with Crippen LogP contribution in [-0.4, -0.2) is 46.7 Å². The lowest BCUT2D eigenvalue weighted by molar-refractivity contribution is -0.135. The van der Waals surface area contributed by atoms with E-state index in [4.69, 9.17) is 4.74 Å². The van der Waals surface area contributed by atoms with Crippen LogP contribution in [0.2, 0.25) is 0 Å². The third kappa shape index (κ3) is 4.40. The van der Waals surface area contributed by atoms with Crippen LogP contribution in [0.4, 0.5) is 0 Å². The molecule has 1 fully saturated rings. The number of aromatic amines is 1. The third-order valence-corrected chi connectivity index (χ3v) is 5.55. The SMILES string of the molecule is O=C(OCC(=O)N1CCC(Cc2ccccc2)CC1)c1n[nH]c(=O)c2ccccc12. The topological polar surface area (TPSA) is 92.4 Å². The van der Waals surface area contributed by atoms with Crippen LogP contribution in [0.3, 0.4) is 0 Å². The fourth-order valence-electron chi connectivity index (χ4n) is 3.89. The molecule has 0 unspecified atom stereocenters. The zero-order valence-electron chi connectivity index (χ0n) is 16.5. The summed E-state index contributed by atoms with van der Waals surface area (Å²) in [5.41, 5.74) is 0.938. The zero-order valence-corrected chi connectivity index (χ0v) is 16.5. The maximum absolute atomic E-state index is 12.5. The van der Waals surface area contributed by atoms with Gasteiger partial charge in [-0.05, 0) is 36.8 Å². The van der Waals surface area contributed by atoms with Crippen molar-refractivity contribution in [2.24, 2.45) is 5.92 Å². The highest BCUT2D eigenvalue weighted by Crippen LogP contribution is 2.22. The summed E-state index contributed by atoms with van der Waals surface area (Å²) in [5.74, 6) is -0.388. The van der Waals surface area contributed by atoms with Crippen LogP contribution in [0.1, 0.15) is 28.9 Å². The molecule has 1 saturated heterocycles. The molecular weight excluding hydrogens is 382 g/mol. The van der Waals surface area contributed by atoms with Crippen molar-refractivity contribution in [3.05, 3.63) is 76.2 Å². The van der Waals surface area contributed by atoms with E-state index in [2.05, 4.69) is 22.3 Å². The van der Waals surface area contributed by atoms with Crippen molar-refractivity contribution in [2.75, 3.05) is 19.7 Å². The first-order chi connectivity index (χ1) is 14.6. The number of carbonyl (C=O) groups is 2. The van der Waals surface area contributed by atoms with Crippen LogP contribution in [0, 0.1) is 5.92 Å². The maximum atomic E-state index is 12.5. The molecule has 4 rings (SSSR count). The number of aromatic nitrogens is 2. The van der Waals surface area contributed by atoms with Gasteiger partial charge in [-0.3, -0.25) is 9.59 Å². The molecule has 0 aliphatic carbocycles. The lowest BCUT2D eigenvalue weighted by atomic mass is 9.90. The second-order valence-electron chi connectivity index (χ2n) is 7.54. The van der Waals surface area contributed by atoms with Gasteiger partial charge < -0.3 is 9.64 Å². The summed E-state index contributed by atoms with van der Waals surface area (Å²) >= 11 is 0. The predicted octanol–water partition coefficient (Wildman–Crippen LogP) is 2.56. The number of carbonyl (C=O) groups excluding carboxylic acids is 2. The number of piperidine rings is 1. The number of hydrogen-bond donors (Lipinski definition) is 1. The number of hydrogen-bond acceptors (Lipinski definition) is 5. The molecule has 30 heavy (non-hydrogen) atoms. The van der Waals surface area contributed by atoms with Crippen LogP contribution in [0.25, 0.3) is 10.8 Å². The van der Waals surface area contributed by atoms with Crippen molar-refractivity contribution in [2.45, 2.75) is 19.3 Å². The number of H-pyrrole nitrogens is 1. The van der Waals surface area contributed by atoms with Gasteiger partial charge in [0.25, 0.3) is 11.5 Å². The van der Waals surface area contributed by atoms with E-state index >= 15 is 0 Å². The van der Waals surface area contributed by atoms with Crippen LogP contribution in [0.5, 0.6) is 0 Å². The minimum absolute atomic E-state index is 0.000399. The van der Waals surface area contributed by atoms with E-state index < -0.39 is 5.97 Å². The predicted molar refractivity (Wildman–Crippen MR) is 112 cm³/mol. The smallest absolute Gasteiger partial charge is 0.359 e. The Morgan fingerprint density at radius 1 is 1.00 bits per heavy atom. The van der Waals surface area contributed by atoms with Crippen molar-refractivity contribution in [3.63, 3.8) is 0 Å². The molecule has 2 aromatic carbocycles. The van der Waals surface area contributed by atoms with E-state index in [0.29, 0.717) is 29.8 Å². The van der Waals surface area contributed by atoms with Crippen molar-refractivity contribution < 1.29 is 14.3 Å². The first-order valence-electron chi connectivity index (χ1n) is 10.1. The fourth-order valence-corrected chi connectivity index (χ4v) is 3.89. The number of fused-ring (bicyclic) bond motifs is 1. The molecule has 0 bridgehead atoms. The quantitative estimate of drug-likeness (QED) is 0.659. The number of benzene rings is 2. The first kappa shape index (κ1) is 19.8. The first-order valence-corrected chi connectivity index (χ1v) is 10.1. The number of esters is 1. The molecule has 0 saturated carbocycles. The average Bonchev–Trinajstić information content (AvgIpc) is 2.79. The van der Waals surface area contributed by atoms with Gasteiger partial charge in [-0.15, -0.1) is 0 Å². The minimum Gasteiger partial charge on any atom is -0.451 e. The summed E-state index contributed by atoms with van der Waals surface area (Å²) in [4.78, 5) is 38.5. The zero-order chi connectivity index (χ0) is 20.9. The molecule has 1 aliphatic rings. The molecule has 154 valence electrons. The molecule has 2 heterocycles. The molecule has 1 N–H and O–H groups in total. The van der Waals surface area contributed by atoms with Gasteiger partial charge in [0, 0.05) is 18.5 Å². The molecule has 1 amide bonds. The molecule has 1 aliphatic heterocycles. The summed E-state index contributed by atoms with van der Waals surface area (Å²) in [6, 6.07) is 17.0. The van der Waals surface area contributed by atoms with Gasteiger partial charge in [-0.25, -0.2) is 9.89 Å². The number of amides is 1. The highest BCUT2D eigenvalue weighted by Gasteiger charge is 2.24. The molecule has 7 nitrogen and oxygen atoms in total. The number of rotatable bonds is 5. The largest absolute Gasteiger partial charge is 0.451 e. The lowest BCUT2D eigenvalue weighted by Gasteiger charge is -2.32. The van der Waals surface area contributed by atoms with Crippen molar-refractivity contribution in [1.29, 1.82) is 0 Å². The second-order valence-corrected chi connectivity index (χ2v) is 7.54. The van der Waals surface area contributed by atoms with Gasteiger partial charge >= 0.3 is 5.97 Å². The Kier molecular flexibility index (Phi) is 5.88. The molecule has 0 radical (unpaired) electrons. The van der Waals surface area contributed by atoms with Crippen molar-refractivity contribution in [1.82, 2.24) is 15.1 Å². The van der Waals surface area contributed by atoms with E-state index in [9.17, 15) is 14.4 Å². The van der Waals surface area contributed by atoms with Crippen LogP contribution in [-0.2, 0) is 16.0 Å². The van der Waals surface area contributed by atoms with Crippen LogP contribution in [0.15, 0.2) is 59.4 Å². The summed E-state index contributed by atoms with van der Waals surface area (Å²) in [6.45, 7) is 0.985. The number of nitrogens with zero attached hydrogens (tertiary/aromatic N) is 2. The standard InChI is InChI=1S/C23H23N3O4/c27-20(26-12-10-17(11-13-26)14-16-6-2-1-3-7-16)15-30-23(29)21-18-8-4-5-9-19(18)22(28)25-24-21/h1-9,17H,10-15H2,(H,25,28). The van der Waals surface area contributed by atoms with E-state index in [1.54, 1.807) is 29.2 Å². The lowest BCUT2D eigenvalue weighted by Crippen LogP contribution is -2.41. The average molecular weight is 405 g/mol. The molecule has 0 spiro atoms. The molecule has 3 aromatic rings. The Balaban J connectivity index is 1.31. The normalized spacial score (nSPS) is 14.6. The monoisotopic (exact) mass is 405 g/mol. The van der Waals surface area contributed by atoms with Crippen molar-refractivity contribution >= 4 is 22.6 Å². The Labute approximate surface area is 173 Å². The van der Waals surface area contributed by atoms with Crippen LogP contribution >= 0.6 is 0 Å². The summed E-state index contributed by atoms with van der Waals surface area (Å²) < 4.78 is 5.20. The summed E-state index contributed by atoms with van der Waals surface area (Å²) in [7, 11) is 0. The van der Waals surface area contributed by atoms with E-state index in [0.717, 1.165) is 19.3 Å². The summed E-state index contributed by atoms with van der Waals surface area (Å²) in [6.07, 6.45) is 2.88. The number of ether oxygens (including phenoxy) is 1. The second kappa shape index (κ2) is 8.90. The van der Waals surface area contributed by atoms with Gasteiger partial charge in [-0.2, -0.15) is 5.10 Å². The van der Waals surface area contributed by atoms with Gasteiger partial charge in [0.1, 0.15) is 0 Å². The van der Waals surface area contributed by atoms with Gasteiger partial charge in [-0.1, -0.05) is 48.5 Å². The molecule has 1 aromatic heterocycles. The maximum Gasteiger partial charge on any atom is 0.359 e. The molecular formula is C23H23N3O4. The highest BCUT2D eigenvalue weighted by atomic mass is 16.5. The Morgan fingerprint density at radius 2 is 1.67 bits per heavy atom. The van der Waals surface area contributed by atoms with Crippen molar-refractivity contribution in [3.8, 4) is 0 Å². The minimum atomic E-state index is -0.727. The van der Waals surface area contributed by atoms with Crippen LogP contribution < -0.4 is 5.56 Å². The van der Waals surface area contributed by atoms with Gasteiger partial charge in [0.15, 0.2) is 12.3 Å². The molecule has 0 atom stereocenters. The van der Waals surface area contributed by atoms with E-state index in [1.807, 2.05) is 18.2 Å². The number of likely N-dealkylation sites (tertiary alicyclic amines) is 1. The molecule has 7 heteroatoms. The van der Waals surface area contributed by atoms with E-state index in [1.165, 1.54) is 5.56 Å². The Bertz CT molecular complexity index is 1100. The van der Waals surface area contributed by atoms with Gasteiger partial charge in [0.2, 0.25) is 0 Å². The highest BCUT2D eigenvalue weighted by molar-refractivity contribution is 6.02. The summed E-state index contributed by atoms with van der Waals surface area (Å²) in [5, 5.41) is 6.86. The number of nitrogens with one attached hydrogen (secondary N) is 1. The Hall–Kier alpha value is -3.48. The Morgan fingerprint density at radius 3 is 2.40 bits per heavy atom. The van der Waals surface area contributed by atoms with Gasteiger partial charge in [0.05, 0.1) is 5.39 Å². The fraction of sp³-hybridized carbons (Fsp3) is 0.304.